The average Bonchev–Trinajstić information content (AvgIpc) is 2.30. The third kappa shape index (κ3) is 2.68. The van der Waals surface area contributed by atoms with Crippen LogP contribution >= 0.6 is 11.6 Å². The van der Waals surface area contributed by atoms with Gasteiger partial charge in [-0.3, -0.25) is 0 Å². The molecule has 0 N–H and O–H groups in total. The van der Waals surface area contributed by atoms with Gasteiger partial charge in [0.05, 0.1) is 11.0 Å². The van der Waals surface area contributed by atoms with Crippen LogP contribution in [0.1, 0.15) is 10.5 Å². The van der Waals surface area contributed by atoms with Gasteiger partial charge in [-0.05, 0) is 19.2 Å². The van der Waals surface area contributed by atoms with Crippen molar-refractivity contribution in [3.63, 3.8) is 0 Å². The first kappa shape index (κ1) is 12.1. The molecule has 0 spiro atoms. The average molecular weight is 255 g/mol. The Morgan fingerprint density at radius 2 is 2.00 bits per heavy atom. The first-order chi connectivity index (χ1) is 8.08. The number of aromatic carboxylic acids is 1. The van der Waals surface area contributed by atoms with Gasteiger partial charge in [-0.15, -0.1) is 0 Å². The van der Waals surface area contributed by atoms with Crippen LogP contribution in [0.25, 0.3) is 0 Å². The van der Waals surface area contributed by atoms with Crippen LogP contribution in [-0.2, 0) is 0 Å². The Morgan fingerprint density at radius 1 is 1.35 bits per heavy atom. The SMILES string of the molecule is CN1CCN(c2ccc(Cl)c(C(=O)[O-])n2)CC1. The maximum atomic E-state index is 10.8. The molecule has 0 unspecified atom stereocenters. The van der Waals surface area contributed by atoms with E-state index in [2.05, 4.69) is 16.9 Å². The fraction of sp³-hybridized carbons (Fsp3) is 0.455. The van der Waals surface area contributed by atoms with E-state index in [1.807, 2.05) is 4.90 Å². The van der Waals surface area contributed by atoms with Crippen molar-refractivity contribution in [3.8, 4) is 0 Å². The topological polar surface area (TPSA) is 59.5 Å². The molecule has 92 valence electrons. The summed E-state index contributed by atoms with van der Waals surface area (Å²) in [6.07, 6.45) is 0. The lowest BCUT2D eigenvalue weighted by Crippen LogP contribution is -2.45. The van der Waals surface area contributed by atoms with E-state index in [1.54, 1.807) is 12.1 Å². The van der Waals surface area contributed by atoms with E-state index in [-0.39, 0.29) is 10.7 Å². The van der Waals surface area contributed by atoms with Crippen molar-refractivity contribution < 1.29 is 9.90 Å². The van der Waals surface area contributed by atoms with Crippen molar-refractivity contribution in [2.45, 2.75) is 0 Å². The number of halogens is 1. The highest BCUT2D eigenvalue weighted by molar-refractivity contribution is 6.33. The minimum atomic E-state index is -1.34. The minimum Gasteiger partial charge on any atom is -0.543 e. The number of anilines is 1. The first-order valence-electron chi connectivity index (χ1n) is 5.39. The van der Waals surface area contributed by atoms with E-state index in [0.717, 1.165) is 26.2 Å². The smallest absolute Gasteiger partial charge is 0.129 e. The maximum absolute atomic E-state index is 10.8. The Balaban J connectivity index is 2.21. The molecule has 1 aliphatic rings. The normalized spacial score (nSPS) is 17.2. The maximum Gasteiger partial charge on any atom is 0.129 e. The van der Waals surface area contributed by atoms with Gasteiger partial charge in [-0.2, -0.15) is 0 Å². The summed E-state index contributed by atoms with van der Waals surface area (Å²) in [5.74, 6) is -0.701. The second-order valence-electron chi connectivity index (χ2n) is 4.08. The Bertz CT molecular complexity index is 431. The van der Waals surface area contributed by atoms with Crippen molar-refractivity contribution in [2.75, 3.05) is 38.1 Å². The van der Waals surface area contributed by atoms with Crippen LogP contribution in [-0.4, -0.2) is 49.1 Å². The number of nitrogens with zero attached hydrogens (tertiary/aromatic N) is 3. The number of carbonyl (C=O) groups excluding carboxylic acids is 1. The molecule has 5 nitrogen and oxygen atoms in total. The van der Waals surface area contributed by atoms with E-state index in [0.29, 0.717) is 5.82 Å². The van der Waals surface area contributed by atoms with E-state index in [9.17, 15) is 9.90 Å². The number of pyridine rings is 1. The minimum absolute atomic E-state index is 0.114. The molecule has 17 heavy (non-hydrogen) atoms. The molecule has 0 aromatic carbocycles. The Hall–Kier alpha value is -1.33. The second-order valence-corrected chi connectivity index (χ2v) is 4.48. The lowest BCUT2D eigenvalue weighted by Gasteiger charge is -2.33. The Kier molecular flexibility index (Phi) is 3.49. The number of hydrogen-bond donors (Lipinski definition) is 0. The molecule has 0 radical (unpaired) electrons. The van der Waals surface area contributed by atoms with Gasteiger partial charge in [-0.1, -0.05) is 11.6 Å². The molecule has 1 aromatic heterocycles. The van der Waals surface area contributed by atoms with Gasteiger partial charge in [0, 0.05) is 26.2 Å². The summed E-state index contributed by atoms with van der Waals surface area (Å²) in [5.41, 5.74) is -0.192. The number of piperazine rings is 1. The molecule has 0 saturated carbocycles. The largest absolute Gasteiger partial charge is 0.543 e. The monoisotopic (exact) mass is 254 g/mol. The highest BCUT2D eigenvalue weighted by Crippen LogP contribution is 2.19. The number of rotatable bonds is 2. The molecule has 2 heterocycles. The number of likely N-dealkylation sites (N-methyl/N-ethyl adjacent to an activating group) is 1. The van der Waals surface area contributed by atoms with Gasteiger partial charge >= 0.3 is 0 Å². The van der Waals surface area contributed by atoms with Crippen molar-refractivity contribution in [1.29, 1.82) is 0 Å². The zero-order chi connectivity index (χ0) is 12.4. The molecule has 1 fully saturated rings. The van der Waals surface area contributed by atoms with Crippen LogP contribution in [0.4, 0.5) is 5.82 Å². The summed E-state index contributed by atoms with van der Waals surface area (Å²) in [6, 6.07) is 3.29. The zero-order valence-electron chi connectivity index (χ0n) is 9.52. The van der Waals surface area contributed by atoms with Crippen LogP contribution in [0.5, 0.6) is 0 Å². The summed E-state index contributed by atoms with van der Waals surface area (Å²) < 4.78 is 0. The highest BCUT2D eigenvalue weighted by atomic mass is 35.5. The molecule has 1 aromatic rings. The Labute approximate surface area is 105 Å². The predicted octanol–water partition coefficient (Wildman–Crippen LogP) is -0.150. The van der Waals surface area contributed by atoms with E-state index >= 15 is 0 Å². The molecule has 1 saturated heterocycles. The van der Waals surface area contributed by atoms with E-state index < -0.39 is 5.97 Å². The molecule has 0 aliphatic carbocycles. The van der Waals surface area contributed by atoms with Crippen molar-refractivity contribution >= 4 is 23.4 Å². The third-order valence-corrected chi connectivity index (χ3v) is 3.16. The lowest BCUT2D eigenvalue weighted by molar-refractivity contribution is -0.255. The van der Waals surface area contributed by atoms with Crippen LogP contribution in [0.15, 0.2) is 12.1 Å². The molecule has 1 aliphatic heterocycles. The first-order valence-corrected chi connectivity index (χ1v) is 5.77. The van der Waals surface area contributed by atoms with Gasteiger partial charge in [0.2, 0.25) is 0 Å². The molecule has 6 heteroatoms. The van der Waals surface area contributed by atoms with Gasteiger partial charge in [0.1, 0.15) is 11.5 Å². The lowest BCUT2D eigenvalue weighted by atomic mass is 10.3. The van der Waals surface area contributed by atoms with Crippen LogP contribution < -0.4 is 10.0 Å². The molecule has 2 rings (SSSR count). The number of aromatic nitrogens is 1. The number of carbonyl (C=O) groups is 1. The van der Waals surface area contributed by atoms with E-state index in [1.165, 1.54) is 0 Å². The number of hydrogen-bond acceptors (Lipinski definition) is 5. The standard InChI is InChI=1S/C11H14ClN3O2/c1-14-4-6-15(7-5-14)9-3-2-8(12)10(13-9)11(16)17/h2-3H,4-7H2,1H3,(H,16,17)/p-1. The summed E-state index contributed by atoms with van der Waals surface area (Å²) in [4.78, 5) is 19.1. The van der Waals surface area contributed by atoms with Crippen molar-refractivity contribution in [3.05, 3.63) is 22.8 Å². The summed E-state index contributed by atoms with van der Waals surface area (Å²) in [5, 5.41) is 10.9. The molecule has 0 amide bonds. The van der Waals surface area contributed by atoms with Gasteiger partial charge < -0.3 is 19.7 Å². The fourth-order valence-electron chi connectivity index (χ4n) is 1.79. The van der Waals surface area contributed by atoms with Crippen molar-refractivity contribution in [1.82, 2.24) is 9.88 Å². The molecule has 0 bridgehead atoms. The Morgan fingerprint density at radius 3 is 2.59 bits per heavy atom. The van der Waals surface area contributed by atoms with Crippen LogP contribution in [0, 0.1) is 0 Å². The van der Waals surface area contributed by atoms with Gasteiger partial charge in [0.15, 0.2) is 0 Å². The number of carboxylic acid groups (broad SMARTS) is 1. The van der Waals surface area contributed by atoms with Gasteiger partial charge in [-0.25, -0.2) is 4.98 Å². The van der Waals surface area contributed by atoms with E-state index in [4.69, 9.17) is 11.6 Å². The third-order valence-electron chi connectivity index (χ3n) is 2.85. The summed E-state index contributed by atoms with van der Waals surface area (Å²) in [7, 11) is 2.05. The molecular formula is C11H13ClN3O2-. The molecular weight excluding hydrogens is 242 g/mol. The van der Waals surface area contributed by atoms with Crippen LogP contribution in [0.3, 0.4) is 0 Å². The fourth-order valence-corrected chi connectivity index (χ4v) is 1.97. The zero-order valence-corrected chi connectivity index (χ0v) is 10.3. The summed E-state index contributed by atoms with van der Waals surface area (Å²) in [6.45, 7) is 3.53. The quantitative estimate of drug-likeness (QED) is 0.735. The summed E-state index contributed by atoms with van der Waals surface area (Å²) >= 11 is 5.74. The second kappa shape index (κ2) is 4.89. The molecule has 0 atom stereocenters. The highest BCUT2D eigenvalue weighted by Gasteiger charge is 2.16. The number of carboxylic acids is 1. The van der Waals surface area contributed by atoms with Gasteiger partial charge in [0.25, 0.3) is 0 Å². The van der Waals surface area contributed by atoms with Crippen LogP contribution in [0.2, 0.25) is 5.02 Å². The predicted molar refractivity (Wildman–Crippen MR) is 63.3 cm³/mol. The van der Waals surface area contributed by atoms with Crippen molar-refractivity contribution in [2.24, 2.45) is 0 Å².